The molecule has 7 nitrogen and oxygen atoms in total. The lowest BCUT2D eigenvalue weighted by atomic mass is 10.1. The number of hydrogen-bond donors (Lipinski definition) is 0. The van der Waals surface area contributed by atoms with E-state index in [0.29, 0.717) is 41.7 Å². The molecule has 9 heteroatoms. The van der Waals surface area contributed by atoms with Crippen LogP contribution in [0.4, 0.5) is 0 Å². The lowest BCUT2D eigenvalue weighted by molar-refractivity contribution is -0.137. The number of likely N-dealkylation sites (tertiary alicyclic amines) is 1. The SMILES string of the molecule is Cc1noc(C)c1CN1CCN(C(=O)C2CCCN2C(=O)c2cc(Cl)ccc2Cl)CC1. The average molecular weight is 465 g/mol. The first-order valence-electron chi connectivity index (χ1n) is 10.5. The van der Waals surface area contributed by atoms with E-state index in [9.17, 15) is 9.59 Å². The zero-order chi connectivity index (χ0) is 22.1. The molecule has 0 bridgehead atoms. The third-order valence-electron chi connectivity index (χ3n) is 6.20. The van der Waals surface area contributed by atoms with E-state index in [2.05, 4.69) is 10.1 Å². The smallest absolute Gasteiger partial charge is 0.256 e. The fraction of sp³-hybridized carbons (Fsp3) is 0.500. The van der Waals surface area contributed by atoms with E-state index in [1.807, 2.05) is 18.7 Å². The Balaban J connectivity index is 1.39. The highest BCUT2D eigenvalue weighted by atomic mass is 35.5. The van der Waals surface area contributed by atoms with Gasteiger partial charge in [0, 0.05) is 49.9 Å². The van der Waals surface area contributed by atoms with Crippen LogP contribution in [0.15, 0.2) is 22.7 Å². The summed E-state index contributed by atoms with van der Waals surface area (Å²) in [5.74, 6) is 0.622. The molecule has 0 N–H and O–H groups in total. The summed E-state index contributed by atoms with van der Waals surface area (Å²) in [4.78, 5) is 32.2. The highest BCUT2D eigenvalue weighted by Gasteiger charge is 2.38. The van der Waals surface area contributed by atoms with Crippen molar-refractivity contribution in [3.63, 3.8) is 0 Å². The molecule has 1 unspecified atom stereocenters. The Morgan fingerprint density at radius 2 is 1.87 bits per heavy atom. The molecule has 2 aliphatic heterocycles. The number of nitrogens with zero attached hydrogens (tertiary/aromatic N) is 4. The van der Waals surface area contributed by atoms with E-state index in [4.69, 9.17) is 27.7 Å². The van der Waals surface area contributed by atoms with Crippen LogP contribution in [0.1, 0.15) is 40.2 Å². The van der Waals surface area contributed by atoms with Crippen LogP contribution in [0.3, 0.4) is 0 Å². The molecule has 1 aromatic carbocycles. The molecule has 0 radical (unpaired) electrons. The number of carbonyl (C=O) groups is 2. The summed E-state index contributed by atoms with van der Waals surface area (Å²) in [6.07, 6.45) is 1.47. The molecule has 0 spiro atoms. The first kappa shape index (κ1) is 22.1. The van der Waals surface area contributed by atoms with E-state index in [-0.39, 0.29) is 11.8 Å². The van der Waals surface area contributed by atoms with Crippen LogP contribution in [-0.4, -0.2) is 70.4 Å². The van der Waals surface area contributed by atoms with Crippen LogP contribution in [0.2, 0.25) is 10.0 Å². The van der Waals surface area contributed by atoms with Gasteiger partial charge < -0.3 is 14.3 Å². The number of aryl methyl sites for hydroxylation is 2. The van der Waals surface area contributed by atoms with Gasteiger partial charge in [0.2, 0.25) is 5.91 Å². The fourth-order valence-electron chi connectivity index (χ4n) is 4.37. The second-order valence-corrected chi connectivity index (χ2v) is 9.03. The Morgan fingerprint density at radius 1 is 1.13 bits per heavy atom. The fourth-order valence-corrected chi connectivity index (χ4v) is 4.74. The Morgan fingerprint density at radius 3 is 2.55 bits per heavy atom. The van der Waals surface area contributed by atoms with Gasteiger partial charge in [0.25, 0.3) is 5.91 Å². The van der Waals surface area contributed by atoms with Crippen LogP contribution >= 0.6 is 23.2 Å². The number of piperazine rings is 1. The number of hydrogen-bond acceptors (Lipinski definition) is 5. The van der Waals surface area contributed by atoms with Crippen molar-refractivity contribution >= 4 is 35.0 Å². The summed E-state index contributed by atoms with van der Waals surface area (Å²) in [6, 6.07) is 4.38. The lowest BCUT2D eigenvalue weighted by Crippen LogP contribution is -2.54. The van der Waals surface area contributed by atoms with E-state index in [1.54, 1.807) is 23.1 Å². The van der Waals surface area contributed by atoms with Crippen molar-refractivity contribution in [1.29, 1.82) is 0 Å². The van der Waals surface area contributed by atoms with Gasteiger partial charge in [0.15, 0.2) is 0 Å². The van der Waals surface area contributed by atoms with Crippen molar-refractivity contribution in [3.8, 4) is 0 Å². The molecule has 1 atom stereocenters. The van der Waals surface area contributed by atoms with Crippen molar-refractivity contribution in [3.05, 3.63) is 50.8 Å². The Labute approximate surface area is 191 Å². The topological polar surface area (TPSA) is 69.9 Å². The van der Waals surface area contributed by atoms with E-state index >= 15 is 0 Å². The number of rotatable bonds is 4. The Kier molecular flexibility index (Phi) is 6.55. The van der Waals surface area contributed by atoms with Crippen LogP contribution in [0.5, 0.6) is 0 Å². The number of carbonyl (C=O) groups excluding carboxylic acids is 2. The number of benzene rings is 1. The van der Waals surface area contributed by atoms with E-state index in [1.165, 1.54) is 0 Å². The van der Waals surface area contributed by atoms with E-state index in [0.717, 1.165) is 43.1 Å². The summed E-state index contributed by atoms with van der Waals surface area (Å²) in [5, 5.41) is 4.81. The largest absolute Gasteiger partial charge is 0.361 e. The summed E-state index contributed by atoms with van der Waals surface area (Å²) in [7, 11) is 0. The summed E-state index contributed by atoms with van der Waals surface area (Å²) in [6.45, 7) is 8.01. The zero-order valence-corrected chi connectivity index (χ0v) is 19.2. The van der Waals surface area contributed by atoms with Gasteiger partial charge in [-0.2, -0.15) is 0 Å². The molecule has 2 aliphatic rings. The van der Waals surface area contributed by atoms with Crippen molar-refractivity contribution in [1.82, 2.24) is 19.9 Å². The summed E-state index contributed by atoms with van der Waals surface area (Å²) >= 11 is 12.3. The van der Waals surface area contributed by atoms with Gasteiger partial charge in [-0.05, 0) is 44.9 Å². The molecule has 166 valence electrons. The Hall–Kier alpha value is -2.09. The molecule has 0 saturated carbocycles. The van der Waals surface area contributed by atoms with Crippen molar-refractivity contribution in [2.24, 2.45) is 0 Å². The van der Waals surface area contributed by atoms with Crippen LogP contribution in [-0.2, 0) is 11.3 Å². The minimum atomic E-state index is -0.448. The monoisotopic (exact) mass is 464 g/mol. The predicted octanol–water partition coefficient (Wildman–Crippen LogP) is 3.55. The van der Waals surface area contributed by atoms with E-state index < -0.39 is 6.04 Å². The first-order chi connectivity index (χ1) is 14.8. The maximum Gasteiger partial charge on any atom is 0.256 e. The van der Waals surface area contributed by atoms with Crippen LogP contribution in [0, 0.1) is 13.8 Å². The molecule has 2 aromatic rings. The minimum Gasteiger partial charge on any atom is -0.361 e. The van der Waals surface area contributed by atoms with Crippen LogP contribution < -0.4 is 0 Å². The average Bonchev–Trinajstić information content (AvgIpc) is 3.37. The molecule has 3 heterocycles. The molecule has 1 aromatic heterocycles. The van der Waals surface area contributed by atoms with Gasteiger partial charge in [-0.25, -0.2) is 0 Å². The maximum atomic E-state index is 13.3. The molecular formula is C22H26Cl2N4O3. The minimum absolute atomic E-state index is 0.0148. The van der Waals surface area contributed by atoms with Crippen molar-refractivity contribution < 1.29 is 14.1 Å². The summed E-state index contributed by atoms with van der Waals surface area (Å²) in [5.41, 5.74) is 2.37. The maximum absolute atomic E-state index is 13.3. The number of halogens is 2. The highest BCUT2D eigenvalue weighted by molar-refractivity contribution is 6.35. The quantitative estimate of drug-likeness (QED) is 0.691. The molecule has 4 rings (SSSR count). The molecule has 2 saturated heterocycles. The predicted molar refractivity (Wildman–Crippen MR) is 118 cm³/mol. The van der Waals surface area contributed by atoms with Gasteiger partial charge in [-0.15, -0.1) is 0 Å². The molecule has 31 heavy (non-hydrogen) atoms. The van der Waals surface area contributed by atoms with Crippen molar-refractivity contribution in [2.45, 2.75) is 39.3 Å². The standard InChI is InChI=1S/C22H26Cl2N4O3/c1-14-18(15(2)31-25-14)13-26-8-10-27(11-9-26)22(30)20-4-3-7-28(20)21(29)17-12-16(23)5-6-19(17)24/h5-6,12,20H,3-4,7-11,13H2,1-2H3. The van der Waals surface area contributed by atoms with Gasteiger partial charge >= 0.3 is 0 Å². The molecule has 2 amide bonds. The normalized spacial score (nSPS) is 19.8. The number of amides is 2. The first-order valence-corrected chi connectivity index (χ1v) is 11.3. The van der Waals surface area contributed by atoms with Crippen LogP contribution in [0.25, 0.3) is 0 Å². The zero-order valence-electron chi connectivity index (χ0n) is 17.7. The third kappa shape index (κ3) is 4.59. The summed E-state index contributed by atoms with van der Waals surface area (Å²) < 4.78 is 5.25. The van der Waals surface area contributed by atoms with Gasteiger partial charge in [-0.1, -0.05) is 28.4 Å². The highest BCUT2D eigenvalue weighted by Crippen LogP contribution is 2.27. The molecular weight excluding hydrogens is 439 g/mol. The van der Waals surface area contributed by atoms with Gasteiger partial charge in [0.05, 0.1) is 16.3 Å². The molecule has 2 fully saturated rings. The molecule has 0 aliphatic carbocycles. The van der Waals surface area contributed by atoms with Gasteiger partial charge in [0.1, 0.15) is 11.8 Å². The lowest BCUT2D eigenvalue weighted by Gasteiger charge is -2.37. The number of aromatic nitrogens is 1. The Bertz CT molecular complexity index is 966. The second-order valence-electron chi connectivity index (χ2n) is 8.18. The third-order valence-corrected chi connectivity index (χ3v) is 6.77. The van der Waals surface area contributed by atoms with Crippen molar-refractivity contribution in [2.75, 3.05) is 32.7 Å². The van der Waals surface area contributed by atoms with Gasteiger partial charge in [-0.3, -0.25) is 14.5 Å². The second kappa shape index (κ2) is 9.18.